The minimum absolute atomic E-state index is 0. The fraction of sp³-hybridized carbons (Fsp3) is 0.174. The molecule has 0 saturated carbocycles. The van der Waals surface area contributed by atoms with E-state index in [-0.39, 0.29) is 30.3 Å². The van der Waals surface area contributed by atoms with Crippen LogP contribution in [-0.4, -0.2) is 46.4 Å². The Balaban J connectivity index is 0.00000324. The highest BCUT2D eigenvalue weighted by atomic mass is 35.5. The summed E-state index contributed by atoms with van der Waals surface area (Å²) in [4.78, 5) is 20.9. The number of carboxylic acid groups (broad SMARTS) is 1. The van der Waals surface area contributed by atoms with Gasteiger partial charge < -0.3 is 25.6 Å². The molecule has 0 amide bonds. The van der Waals surface area contributed by atoms with Crippen LogP contribution in [0.2, 0.25) is 5.02 Å². The summed E-state index contributed by atoms with van der Waals surface area (Å²) in [6.45, 7) is 0.205. The molecule has 178 valence electrons. The van der Waals surface area contributed by atoms with E-state index in [2.05, 4.69) is 15.3 Å². The number of benzene rings is 2. The predicted octanol–water partition coefficient (Wildman–Crippen LogP) is 4.32. The molecule has 11 heteroatoms. The van der Waals surface area contributed by atoms with Crippen LogP contribution in [0, 0.1) is 0 Å². The number of halogens is 2. The minimum Gasteiger partial charge on any atom is -0.493 e. The van der Waals surface area contributed by atoms with Gasteiger partial charge in [-0.15, -0.1) is 12.4 Å². The van der Waals surface area contributed by atoms with Crippen molar-refractivity contribution in [1.29, 1.82) is 0 Å². The van der Waals surface area contributed by atoms with Crippen LogP contribution in [0.5, 0.6) is 11.5 Å². The lowest BCUT2D eigenvalue weighted by atomic mass is 10.1. The number of nitrogens with zero attached hydrogens (tertiary/aromatic N) is 3. The summed E-state index contributed by atoms with van der Waals surface area (Å²) in [5, 5.41) is 13.4. The molecular formula is C23H23Cl2N5O4. The van der Waals surface area contributed by atoms with Crippen molar-refractivity contribution >= 4 is 46.8 Å². The molecule has 0 radical (unpaired) electrons. The molecule has 0 aliphatic carbocycles. The summed E-state index contributed by atoms with van der Waals surface area (Å²) in [5.41, 5.74) is 8.20. The van der Waals surface area contributed by atoms with Crippen molar-refractivity contribution in [3.8, 4) is 17.3 Å². The molecule has 0 aliphatic rings. The number of carbonyl (C=O) groups is 1. The van der Waals surface area contributed by atoms with E-state index in [1.54, 1.807) is 55.4 Å². The highest BCUT2D eigenvalue weighted by molar-refractivity contribution is 6.30. The van der Waals surface area contributed by atoms with E-state index in [0.29, 0.717) is 27.9 Å². The van der Waals surface area contributed by atoms with E-state index in [4.69, 9.17) is 26.8 Å². The first-order valence-electron chi connectivity index (χ1n) is 10.0. The Labute approximate surface area is 206 Å². The topological polar surface area (TPSA) is 125 Å². The number of hydrogen-bond acceptors (Lipinski definition) is 7. The maximum absolute atomic E-state index is 11.9. The van der Waals surface area contributed by atoms with Gasteiger partial charge >= 0.3 is 5.97 Å². The first-order chi connectivity index (χ1) is 15.9. The van der Waals surface area contributed by atoms with Gasteiger partial charge in [0.15, 0.2) is 11.5 Å². The molecule has 4 aromatic rings. The summed E-state index contributed by atoms with van der Waals surface area (Å²) in [6.07, 6.45) is 1.60. The highest BCUT2D eigenvalue weighted by Gasteiger charge is 2.19. The number of carboxylic acids is 1. The number of rotatable bonds is 8. The van der Waals surface area contributed by atoms with Gasteiger partial charge in [0.2, 0.25) is 0 Å². The van der Waals surface area contributed by atoms with Gasteiger partial charge in [-0.25, -0.2) is 14.8 Å². The van der Waals surface area contributed by atoms with E-state index in [0.717, 1.165) is 11.1 Å². The molecule has 2 aromatic carbocycles. The molecule has 34 heavy (non-hydrogen) atoms. The zero-order chi connectivity index (χ0) is 23.5. The third-order valence-electron chi connectivity index (χ3n) is 5.21. The lowest BCUT2D eigenvalue weighted by molar-refractivity contribution is 0.0697. The normalized spacial score (nSPS) is 11.5. The molecule has 9 nitrogen and oxygen atoms in total. The van der Waals surface area contributed by atoms with Gasteiger partial charge in [0.05, 0.1) is 31.3 Å². The van der Waals surface area contributed by atoms with Crippen molar-refractivity contribution in [3.05, 3.63) is 71.0 Å². The molecule has 1 unspecified atom stereocenters. The van der Waals surface area contributed by atoms with Gasteiger partial charge in [0.25, 0.3) is 0 Å². The van der Waals surface area contributed by atoms with Gasteiger partial charge in [-0.05, 0) is 29.8 Å². The van der Waals surface area contributed by atoms with Crippen molar-refractivity contribution in [1.82, 2.24) is 14.5 Å². The molecule has 0 spiro atoms. The number of anilines is 1. The second-order valence-corrected chi connectivity index (χ2v) is 7.61. The van der Waals surface area contributed by atoms with Crippen LogP contribution in [0.3, 0.4) is 0 Å². The number of aromatic carboxylic acids is 1. The van der Waals surface area contributed by atoms with Crippen LogP contribution in [0.15, 0.2) is 54.9 Å². The molecule has 0 saturated heterocycles. The van der Waals surface area contributed by atoms with Crippen molar-refractivity contribution < 1.29 is 19.4 Å². The van der Waals surface area contributed by atoms with E-state index in [1.165, 1.54) is 6.07 Å². The van der Waals surface area contributed by atoms with Crippen LogP contribution in [0.4, 0.5) is 5.82 Å². The average molecular weight is 504 g/mol. The van der Waals surface area contributed by atoms with E-state index in [9.17, 15) is 9.90 Å². The van der Waals surface area contributed by atoms with Gasteiger partial charge in [0, 0.05) is 23.7 Å². The lowest BCUT2D eigenvalue weighted by Crippen LogP contribution is -2.23. The number of fused-ring (bicyclic) bond motifs is 1. The minimum atomic E-state index is -1.11. The van der Waals surface area contributed by atoms with Crippen molar-refractivity contribution in [2.75, 3.05) is 26.1 Å². The van der Waals surface area contributed by atoms with E-state index >= 15 is 0 Å². The predicted molar refractivity (Wildman–Crippen MR) is 133 cm³/mol. The number of ether oxygens (including phenoxy) is 2. The second-order valence-electron chi connectivity index (χ2n) is 7.17. The number of pyridine rings is 1. The molecule has 2 heterocycles. The summed E-state index contributed by atoms with van der Waals surface area (Å²) in [7, 11) is 3.10. The first kappa shape index (κ1) is 25.1. The molecule has 4 N–H and O–H groups in total. The smallest absolute Gasteiger partial charge is 0.339 e. The summed E-state index contributed by atoms with van der Waals surface area (Å²) >= 11 is 6.12. The zero-order valence-electron chi connectivity index (χ0n) is 18.4. The van der Waals surface area contributed by atoms with Crippen molar-refractivity contribution in [2.24, 2.45) is 5.73 Å². The maximum Gasteiger partial charge on any atom is 0.339 e. The van der Waals surface area contributed by atoms with Crippen molar-refractivity contribution in [3.63, 3.8) is 0 Å². The Hall–Kier alpha value is -3.53. The Kier molecular flexibility index (Phi) is 7.83. The average Bonchev–Trinajstić information content (AvgIpc) is 3.24. The SMILES string of the molecule is COc1cc2ncn(-c3ccc(C(=O)O)c(NC(CN)c4cccc(Cl)c4)n3)c2cc1OC.Cl. The van der Waals surface area contributed by atoms with Crippen LogP contribution in [-0.2, 0) is 0 Å². The monoisotopic (exact) mass is 503 g/mol. The Morgan fingerprint density at radius 3 is 2.56 bits per heavy atom. The summed E-state index contributed by atoms with van der Waals surface area (Å²) in [5.74, 6) is 0.632. The number of hydrogen-bond donors (Lipinski definition) is 3. The molecule has 0 bridgehead atoms. The molecule has 4 rings (SSSR count). The molecular weight excluding hydrogens is 481 g/mol. The highest BCUT2D eigenvalue weighted by Crippen LogP contribution is 2.33. The Bertz CT molecular complexity index is 1330. The molecule has 2 aromatic heterocycles. The third-order valence-corrected chi connectivity index (χ3v) is 5.44. The molecule has 0 aliphatic heterocycles. The fourth-order valence-electron chi connectivity index (χ4n) is 3.55. The van der Waals surface area contributed by atoms with E-state index < -0.39 is 12.0 Å². The fourth-order valence-corrected chi connectivity index (χ4v) is 3.75. The van der Waals surface area contributed by atoms with Gasteiger partial charge in [-0.3, -0.25) is 4.57 Å². The van der Waals surface area contributed by atoms with Crippen LogP contribution >= 0.6 is 24.0 Å². The summed E-state index contributed by atoms with van der Waals surface area (Å²) < 4.78 is 12.5. The first-order valence-corrected chi connectivity index (χ1v) is 10.4. The quantitative estimate of drug-likeness (QED) is 0.324. The maximum atomic E-state index is 11.9. The largest absolute Gasteiger partial charge is 0.493 e. The van der Waals surface area contributed by atoms with Gasteiger partial charge in [-0.2, -0.15) is 0 Å². The Morgan fingerprint density at radius 1 is 1.18 bits per heavy atom. The summed E-state index contributed by atoms with van der Waals surface area (Å²) in [6, 6.07) is 13.5. The molecule has 1 atom stereocenters. The Morgan fingerprint density at radius 2 is 1.91 bits per heavy atom. The van der Waals surface area contributed by atoms with Crippen LogP contribution < -0.4 is 20.5 Å². The number of methoxy groups -OCH3 is 2. The number of nitrogens with two attached hydrogens (primary N) is 1. The molecule has 0 fully saturated rings. The third kappa shape index (κ3) is 4.86. The van der Waals surface area contributed by atoms with Crippen LogP contribution in [0.1, 0.15) is 22.0 Å². The van der Waals surface area contributed by atoms with Crippen LogP contribution in [0.25, 0.3) is 16.9 Å². The van der Waals surface area contributed by atoms with Gasteiger partial charge in [-0.1, -0.05) is 23.7 Å². The number of nitrogens with one attached hydrogen (secondary N) is 1. The van der Waals surface area contributed by atoms with E-state index in [1.807, 2.05) is 12.1 Å². The second kappa shape index (κ2) is 10.6. The van der Waals surface area contributed by atoms with Gasteiger partial charge in [0.1, 0.15) is 23.5 Å². The standard InChI is InChI=1S/C23H22ClN5O4.ClH/c1-32-19-9-16-18(10-20(19)33-2)29(12-26-16)21-7-6-15(23(30)31)22(28-21)27-17(11-25)13-4-3-5-14(24)8-13;/h3-10,12,17H,11,25H2,1-2H3,(H,27,28)(H,30,31);1H. The number of imidazole rings is 1. The number of aromatic nitrogens is 3. The van der Waals surface area contributed by atoms with Crippen molar-refractivity contribution in [2.45, 2.75) is 6.04 Å². The lowest BCUT2D eigenvalue weighted by Gasteiger charge is -2.20. The zero-order valence-corrected chi connectivity index (χ0v) is 19.9.